The molecule has 0 saturated carbocycles. The maximum Gasteiger partial charge on any atom is 0.0701 e. The summed E-state index contributed by atoms with van der Waals surface area (Å²) < 4.78 is 10.7. The van der Waals surface area contributed by atoms with Gasteiger partial charge in [0.05, 0.1) is 33.0 Å². The highest BCUT2D eigenvalue weighted by molar-refractivity contribution is 5.28. The molecule has 0 amide bonds. The van der Waals surface area contributed by atoms with Crippen molar-refractivity contribution in [2.45, 2.75) is 52.9 Å². The van der Waals surface area contributed by atoms with Gasteiger partial charge in [-0.15, -0.1) is 0 Å². The smallest absolute Gasteiger partial charge is 0.0701 e. The Bertz CT molecular complexity index is 429. The van der Waals surface area contributed by atoms with Crippen molar-refractivity contribution in [1.29, 1.82) is 0 Å². The molecule has 1 aromatic rings. The second-order valence-electron chi connectivity index (χ2n) is 8.02. The van der Waals surface area contributed by atoms with Gasteiger partial charge in [0.2, 0.25) is 0 Å². The third-order valence-corrected chi connectivity index (χ3v) is 3.85. The van der Waals surface area contributed by atoms with Gasteiger partial charge in [0.15, 0.2) is 0 Å². The average Bonchev–Trinajstić information content (AvgIpc) is 2.44. The number of hydrogen-bond acceptors (Lipinski definition) is 3. The van der Waals surface area contributed by atoms with E-state index in [1.165, 1.54) is 11.1 Å². The van der Waals surface area contributed by atoms with E-state index in [4.69, 9.17) is 14.6 Å². The summed E-state index contributed by atoms with van der Waals surface area (Å²) in [5.74, 6) is 0. The summed E-state index contributed by atoms with van der Waals surface area (Å²) in [6, 6.07) is 8.94. The lowest BCUT2D eigenvalue weighted by molar-refractivity contribution is 0.0340. The fourth-order valence-electron chi connectivity index (χ4n) is 3.13. The van der Waals surface area contributed by atoms with Crippen LogP contribution in [-0.2, 0) is 21.3 Å². The summed E-state index contributed by atoms with van der Waals surface area (Å²) >= 11 is 0. The van der Waals surface area contributed by atoms with E-state index in [1.807, 2.05) is 0 Å². The van der Waals surface area contributed by atoms with Crippen LogP contribution < -0.4 is 0 Å². The molecule has 0 aliphatic rings. The predicted octanol–water partition coefficient (Wildman–Crippen LogP) is 3.97. The summed E-state index contributed by atoms with van der Waals surface area (Å²) in [5, 5.41) is 8.59. The Morgan fingerprint density at radius 2 is 1.39 bits per heavy atom. The molecule has 0 fully saturated rings. The van der Waals surface area contributed by atoms with Crippen molar-refractivity contribution >= 4 is 0 Å². The quantitative estimate of drug-likeness (QED) is 0.663. The Balaban J connectivity index is 2.38. The first-order valence-corrected chi connectivity index (χ1v) is 8.60. The van der Waals surface area contributed by atoms with E-state index < -0.39 is 0 Å². The molecule has 1 rings (SSSR count). The molecule has 1 aromatic carbocycles. The zero-order valence-corrected chi connectivity index (χ0v) is 15.5. The van der Waals surface area contributed by atoms with Gasteiger partial charge in [-0.05, 0) is 34.8 Å². The average molecular weight is 322 g/mol. The molecule has 0 saturated heterocycles. The SMILES string of the molecule is CC(C)(C)CC(C)(C)c1ccc(CCOCCOCCO)cc1. The number of ether oxygens (including phenoxy) is 2. The zero-order valence-electron chi connectivity index (χ0n) is 15.5. The van der Waals surface area contributed by atoms with Gasteiger partial charge in [-0.25, -0.2) is 0 Å². The van der Waals surface area contributed by atoms with Gasteiger partial charge in [0.1, 0.15) is 0 Å². The standard InChI is InChI=1S/C20H34O3/c1-19(2,3)16-20(4,5)18-8-6-17(7-9-18)10-12-22-14-15-23-13-11-21/h6-9,21H,10-16H2,1-5H3. The summed E-state index contributed by atoms with van der Waals surface area (Å²) in [6.07, 6.45) is 2.08. The highest BCUT2D eigenvalue weighted by Crippen LogP contribution is 2.36. The predicted molar refractivity (Wildman–Crippen MR) is 96.0 cm³/mol. The van der Waals surface area contributed by atoms with Gasteiger partial charge < -0.3 is 14.6 Å². The number of hydrogen-bond donors (Lipinski definition) is 1. The first kappa shape index (κ1) is 20.1. The summed E-state index contributed by atoms with van der Waals surface area (Å²) in [7, 11) is 0. The molecule has 0 aromatic heterocycles. The molecule has 0 radical (unpaired) electrons. The van der Waals surface area contributed by atoms with Crippen LogP contribution in [0, 0.1) is 5.41 Å². The van der Waals surface area contributed by atoms with Crippen LogP contribution in [0.2, 0.25) is 0 Å². The van der Waals surface area contributed by atoms with Crippen LogP contribution >= 0.6 is 0 Å². The highest BCUT2D eigenvalue weighted by Gasteiger charge is 2.26. The number of aliphatic hydroxyl groups excluding tert-OH is 1. The van der Waals surface area contributed by atoms with Crippen molar-refractivity contribution in [2.24, 2.45) is 5.41 Å². The Kier molecular flexibility index (Phi) is 8.24. The van der Waals surface area contributed by atoms with Crippen LogP contribution in [0.5, 0.6) is 0 Å². The molecule has 0 spiro atoms. The molecule has 1 N–H and O–H groups in total. The van der Waals surface area contributed by atoms with Gasteiger partial charge in [0.25, 0.3) is 0 Å². The lowest BCUT2D eigenvalue weighted by Crippen LogP contribution is -2.24. The maximum absolute atomic E-state index is 8.59. The maximum atomic E-state index is 8.59. The largest absolute Gasteiger partial charge is 0.394 e. The highest BCUT2D eigenvalue weighted by atomic mass is 16.5. The second-order valence-corrected chi connectivity index (χ2v) is 8.02. The Morgan fingerprint density at radius 1 is 0.826 bits per heavy atom. The molecule has 0 aliphatic heterocycles. The molecule has 0 unspecified atom stereocenters. The van der Waals surface area contributed by atoms with Crippen molar-refractivity contribution in [1.82, 2.24) is 0 Å². The number of benzene rings is 1. The molecule has 0 heterocycles. The lowest BCUT2D eigenvalue weighted by Gasteiger charge is -2.33. The molecule has 0 aliphatic carbocycles. The van der Waals surface area contributed by atoms with Crippen LogP contribution in [0.4, 0.5) is 0 Å². The topological polar surface area (TPSA) is 38.7 Å². The molecule has 0 atom stereocenters. The monoisotopic (exact) mass is 322 g/mol. The molecule has 132 valence electrons. The third-order valence-electron chi connectivity index (χ3n) is 3.85. The van der Waals surface area contributed by atoms with Crippen LogP contribution in [0.1, 0.15) is 52.2 Å². The van der Waals surface area contributed by atoms with Crippen molar-refractivity contribution in [3.8, 4) is 0 Å². The van der Waals surface area contributed by atoms with Gasteiger partial charge in [-0.1, -0.05) is 58.9 Å². The van der Waals surface area contributed by atoms with E-state index in [0.717, 1.165) is 12.8 Å². The van der Waals surface area contributed by atoms with Gasteiger partial charge >= 0.3 is 0 Å². The van der Waals surface area contributed by atoms with Crippen molar-refractivity contribution < 1.29 is 14.6 Å². The second kappa shape index (κ2) is 9.41. The Hall–Kier alpha value is -0.900. The number of aliphatic hydroxyl groups is 1. The van der Waals surface area contributed by atoms with E-state index in [1.54, 1.807) is 0 Å². The van der Waals surface area contributed by atoms with E-state index in [2.05, 4.69) is 58.9 Å². The molecule has 0 bridgehead atoms. The molecular formula is C20H34O3. The van der Waals surface area contributed by atoms with Crippen molar-refractivity contribution in [2.75, 3.05) is 33.0 Å². The van der Waals surface area contributed by atoms with E-state index in [-0.39, 0.29) is 12.0 Å². The fourth-order valence-corrected chi connectivity index (χ4v) is 3.13. The first-order chi connectivity index (χ1) is 10.7. The van der Waals surface area contributed by atoms with E-state index in [0.29, 0.717) is 31.8 Å². The molecule has 23 heavy (non-hydrogen) atoms. The van der Waals surface area contributed by atoms with E-state index >= 15 is 0 Å². The van der Waals surface area contributed by atoms with Crippen LogP contribution in [0.15, 0.2) is 24.3 Å². The summed E-state index contributed by atoms with van der Waals surface area (Å²) in [5.41, 5.74) is 3.22. The number of rotatable bonds is 10. The van der Waals surface area contributed by atoms with Crippen molar-refractivity contribution in [3.63, 3.8) is 0 Å². The van der Waals surface area contributed by atoms with Gasteiger partial charge in [0, 0.05) is 0 Å². The normalized spacial score (nSPS) is 12.6. The van der Waals surface area contributed by atoms with Crippen LogP contribution in [0.25, 0.3) is 0 Å². The van der Waals surface area contributed by atoms with Crippen LogP contribution in [-0.4, -0.2) is 38.1 Å². The molecule has 3 nitrogen and oxygen atoms in total. The minimum atomic E-state index is 0.0674. The third kappa shape index (κ3) is 8.50. The molecular weight excluding hydrogens is 288 g/mol. The first-order valence-electron chi connectivity index (χ1n) is 8.60. The lowest BCUT2D eigenvalue weighted by atomic mass is 9.72. The Labute approximate surface area is 142 Å². The van der Waals surface area contributed by atoms with E-state index in [9.17, 15) is 0 Å². The minimum absolute atomic E-state index is 0.0674. The molecule has 3 heteroatoms. The fraction of sp³-hybridized carbons (Fsp3) is 0.700. The minimum Gasteiger partial charge on any atom is -0.394 e. The van der Waals surface area contributed by atoms with Gasteiger partial charge in [-0.2, -0.15) is 0 Å². The Morgan fingerprint density at radius 3 is 1.91 bits per heavy atom. The van der Waals surface area contributed by atoms with Crippen LogP contribution in [0.3, 0.4) is 0 Å². The summed E-state index contributed by atoms with van der Waals surface area (Å²) in [6.45, 7) is 13.8. The van der Waals surface area contributed by atoms with Crippen molar-refractivity contribution in [3.05, 3.63) is 35.4 Å². The van der Waals surface area contributed by atoms with Gasteiger partial charge in [-0.3, -0.25) is 0 Å². The zero-order chi connectivity index (χ0) is 17.3. The summed E-state index contributed by atoms with van der Waals surface area (Å²) in [4.78, 5) is 0.